The highest BCUT2D eigenvalue weighted by Crippen LogP contribution is 2.14. The van der Waals surface area contributed by atoms with Gasteiger partial charge in [0, 0.05) is 19.9 Å². The van der Waals surface area contributed by atoms with Gasteiger partial charge in [0.2, 0.25) is 5.91 Å². The third kappa shape index (κ3) is 22.4. The van der Waals surface area contributed by atoms with E-state index in [0.29, 0.717) is 13.0 Å². The van der Waals surface area contributed by atoms with Crippen molar-refractivity contribution in [1.82, 2.24) is 10.2 Å². The Balaban J connectivity index is 0.00000235. The molecular formula is C27H54N2O4. The third-order valence-corrected chi connectivity index (χ3v) is 6.09. The Morgan fingerprint density at radius 1 is 0.818 bits per heavy atom. The average molecular weight is 471 g/mol. The van der Waals surface area contributed by atoms with Gasteiger partial charge in [0.15, 0.2) is 0 Å². The molecule has 2 N–H and O–H groups in total. The van der Waals surface area contributed by atoms with Crippen LogP contribution >= 0.6 is 0 Å². The molecule has 0 aromatic rings. The van der Waals surface area contributed by atoms with E-state index in [4.69, 9.17) is 14.6 Å². The number of amides is 1. The fraction of sp³-hybridized carbons (Fsp3) is 0.926. The number of hydrogen-bond acceptors (Lipinski definition) is 4. The minimum absolute atomic E-state index is 0.0764. The second-order valence-corrected chi connectivity index (χ2v) is 9.41. The Hall–Kier alpha value is -1.14. The summed E-state index contributed by atoms with van der Waals surface area (Å²) in [6, 6.07) is 0. The van der Waals surface area contributed by atoms with Crippen molar-refractivity contribution in [1.29, 1.82) is 0 Å². The average Bonchev–Trinajstić information content (AvgIpc) is 2.77. The van der Waals surface area contributed by atoms with Crippen molar-refractivity contribution in [2.45, 2.75) is 136 Å². The number of ether oxygens (including phenoxy) is 1. The van der Waals surface area contributed by atoms with Gasteiger partial charge in [0.1, 0.15) is 6.17 Å². The molecular weight excluding hydrogens is 416 g/mol. The molecule has 0 spiro atoms. The first-order valence-corrected chi connectivity index (χ1v) is 13.8. The number of carbonyl (C=O) groups is 2. The number of nitrogens with one attached hydrogen (secondary N) is 1. The minimum atomic E-state index is -0.833. The largest absolute Gasteiger partial charge is 0.481 e. The first kappa shape index (κ1) is 31.9. The standard InChI is InChI=1S/C25H50N2O2.C2H4O2/c1-3-5-6-7-8-9-10-11-12-13-14-15-16-17-18-19-25(28)26-24-23-29-22-21-27(24)20-4-2;1-2(3)4/h24H,3-23H2,1-2H3,(H,26,28);1H3,(H,3,4). The van der Waals surface area contributed by atoms with Gasteiger partial charge in [-0.2, -0.15) is 0 Å². The van der Waals surface area contributed by atoms with Crippen LogP contribution in [-0.4, -0.2) is 54.4 Å². The maximum Gasteiger partial charge on any atom is 0.300 e. The lowest BCUT2D eigenvalue weighted by atomic mass is 10.0. The van der Waals surface area contributed by atoms with E-state index in [0.717, 1.165) is 39.5 Å². The van der Waals surface area contributed by atoms with Crippen molar-refractivity contribution in [2.75, 3.05) is 26.3 Å². The molecule has 1 atom stereocenters. The van der Waals surface area contributed by atoms with E-state index in [2.05, 4.69) is 24.1 Å². The lowest BCUT2D eigenvalue weighted by Crippen LogP contribution is -2.55. The highest BCUT2D eigenvalue weighted by molar-refractivity contribution is 5.76. The molecule has 1 fully saturated rings. The maximum atomic E-state index is 12.2. The number of rotatable bonds is 19. The summed E-state index contributed by atoms with van der Waals surface area (Å²) in [5.41, 5.74) is 0. The smallest absolute Gasteiger partial charge is 0.300 e. The predicted octanol–water partition coefficient (Wildman–Crippen LogP) is 6.52. The summed E-state index contributed by atoms with van der Waals surface area (Å²) >= 11 is 0. The van der Waals surface area contributed by atoms with Gasteiger partial charge >= 0.3 is 0 Å². The maximum absolute atomic E-state index is 12.2. The van der Waals surface area contributed by atoms with Crippen LogP contribution in [0.5, 0.6) is 0 Å². The monoisotopic (exact) mass is 470 g/mol. The molecule has 1 rings (SSSR count). The van der Waals surface area contributed by atoms with Gasteiger partial charge in [-0.15, -0.1) is 0 Å². The molecule has 0 aliphatic carbocycles. The van der Waals surface area contributed by atoms with Gasteiger partial charge in [-0.1, -0.05) is 104 Å². The molecule has 33 heavy (non-hydrogen) atoms. The zero-order valence-electron chi connectivity index (χ0n) is 22.0. The van der Waals surface area contributed by atoms with Crippen LogP contribution in [0.3, 0.4) is 0 Å². The summed E-state index contributed by atoms with van der Waals surface area (Å²) in [6.45, 7) is 8.93. The van der Waals surface area contributed by atoms with Crippen LogP contribution in [0, 0.1) is 0 Å². The molecule has 1 heterocycles. The number of morpholine rings is 1. The summed E-state index contributed by atoms with van der Waals surface area (Å²) in [6.07, 6.45) is 22.2. The normalized spacial score (nSPS) is 16.2. The van der Waals surface area contributed by atoms with Crippen LogP contribution in [0.1, 0.15) is 130 Å². The lowest BCUT2D eigenvalue weighted by Gasteiger charge is -2.35. The molecule has 1 aliphatic heterocycles. The van der Waals surface area contributed by atoms with Crippen molar-refractivity contribution in [3.05, 3.63) is 0 Å². The fourth-order valence-corrected chi connectivity index (χ4v) is 4.24. The molecule has 6 heteroatoms. The molecule has 0 saturated carbocycles. The number of unbranched alkanes of at least 4 members (excludes halogenated alkanes) is 14. The number of carbonyl (C=O) groups excluding carboxylic acids is 1. The Labute approximate surface area is 204 Å². The van der Waals surface area contributed by atoms with Crippen molar-refractivity contribution in [3.8, 4) is 0 Å². The lowest BCUT2D eigenvalue weighted by molar-refractivity contribution is -0.134. The van der Waals surface area contributed by atoms with E-state index in [1.807, 2.05) is 0 Å². The molecule has 1 unspecified atom stereocenters. The van der Waals surface area contributed by atoms with E-state index in [1.54, 1.807) is 0 Å². The summed E-state index contributed by atoms with van der Waals surface area (Å²) < 4.78 is 5.53. The molecule has 1 aliphatic rings. The van der Waals surface area contributed by atoms with Crippen molar-refractivity contribution in [2.24, 2.45) is 0 Å². The molecule has 0 radical (unpaired) electrons. The zero-order valence-corrected chi connectivity index (χ0v) is 22.0. The number of nitrogens with zero attached hydrogens (tertiary/aromatic N) is 1. The summed E-state index contributed by atoms with van der Waals surface area (Å²) in [4.78, 5) is 23.5. The number of carboxylic acids is 1. The Morgan fingerprint density at radius 2 is 1.27 bits per heavy atom. The van der Waals surface area contributed by atoms with Gasteiger partial charge in [-0.3, -0.25) is 14.5 Å². The summed E-state index contributed by atoms with van der Waals surface area (Å²) in [7, 11) is 0. The van der Waals surface area contributed by atoms with Gasteiger partial charge in [-0.05, 0) is 19.4 Å². The Bertz CT molecular complexity index is 453. The molecule has 0 aromatic carbocycles. The van der Waals surface area contributed by atoms with Crippen LogP contribution in [0.2, 0.25) is 0 Å². The third-order valence-electron chi connectivity index (χ3n) is 6.09. The first-order valence-electron chi connectivity index (χ1n) is 13.8. The van der Waals surface area contributed by atoms with E-state index in [9.17, 15) is 4.79 Å². The van der Waals surface area contributed by atoms with Crippen molar-refractivity contribution in [3.63, 3.8) is 0 Å². The number of hydrogen-bond donors (Lipinski definition) is 2. The van der Waals surface area contributed by atoms with Gasteiger partial charge in [-0.25, -0.2) is 0 Å². The first-order chi connectivity index (χ1) is 16.0. The summed E-state index contributed by atoms with van der Waals surface area (Å²) in [5.74, 6) is -0.642. The van der Waals surface area contributed by atoms with E-state index >= 15 is 0 Å². The summed E-state index contributed by atoms with van der Waals surface area (Å²) in [5, 5.41) is 10.6. The molecule has 196 valence electrons. The van der Waals surface area contributed by atoms with Crippen LogP contribution in [0.4, 0.5) is 0 Å². The van der Waals surface area contributed by atoms with Crippen LogP contribution in [-0.2, 0) is 14.3 Å². The molecule has 1 amide bonds. The highest BCUT2D eigenvalue weighted by atomic mass is 16.5. The van der Waals surface area contributed by atoms with Crippen molar-refractivity contribution >= 4 is 11.9 Å². The quantitative estimate of drug-likeness (QED) is 0.210. The molecule has 1 saturated heterocycles. The molecule has 6 nitrogen and oxygen atoms in total. The number of aliphatic carboxylic acids is 1. The highest BCUT2D eigenvalue weighted by Gasteiger charge is 2.23. The van der Waals surface area contributed by atoms with Crippen molar-refractivity contribution < 1.29 is 19.4 Å². The van der Waals surface area contributed by atoms with Crippen LogP contribution in [0.15, 0.2) is 0 Å². The molecule has 0 bridgehead atoms. The Kier molecular flexibility index (Phi) is 23.2. The van der Waals surface area contributed by atoms with E-state index < -0.39 is 5.97 Å². The zero-order chi connectivity index (χ0) is 24.6. The van der Waals surface area contributed by atoms with Gasteiger partial charge in [0.25, 0.3) is 5.97 Å². The molecule has 0 aromatic heterocycles. The van der Waals surface area contributed by atoms with E-state index in [-0.39, 0.29) is 12.1 Å². The second-order valence-electron chi connectivity index (χ2n) is 9.41. The minimum Gasteiger partial charge on any atom is -0.481 e. The van der Waals surface area contributed by atoms with E-state index in [1.165, 1.54) is 89.9 Å². The fourth-order valence-electron chi connectivity index (χ4n) is 4.24. The predicted molar refractivity (Wildman–Crippen MR) is 137 cm³/mol. The van der Waals surface area contributed by atoms with Gasteiger partial charge < -0.3 is 15.2 Å². The van der Waals surface area contributed by atoms with Crippen LogP contribution < -0.4 is 5.32 Å². The number of carboxylic acid groups (broad SMARTS) is 1. The topological polar surface area (TPSA) is 78.9 Å². The van der Waals surface area contributed by atoms with Crippen LogP contribution in [0.25, 0.3) is 0 Å². The van der Waals surface area contributed by atoms with Gasteiger partial charge in [0.05, 0.1) is 13.2 Å². The second kappa shape index (κ2) is 24.0. The SMILES string of the molecule is CC(=O)O.CCCCCCCCCCCCCCCCCC(=O)NC1COCCN1CCC. The Morgan fingerprint density at radius 3 is 1.73 bits per heavy atom.